The second kappa shape index (κ2) is 9.59. The lowest BCUT2D eigenvalue weighted by molar-refractivity contribution is -0.142. The standard InChI is InChI=1S/C7H8O2.C4H8O3.H3N/c8-5-6-3-1-2-4-7(6)9;1-3(2-5)4(6)7;/h1-4,8-9H,5H2;3,5H,2H2,1H3,(H,6,7);1H3. The highest BCUT2D eigenvalue weighted by molar-refractivity contribution is 5.69. The van der Waals surface area contributed by atoms with Crippen molar-refractivity contribution in [3.05, 3.63) is 29.8 Å². The maximum atomic E-state index is 9.77. The van der Waals surface area contributed by atoms with Crippen LogP contribution in [-0.4, -0.2) is 33.0 Å². The van der Waals surface area contributed by atoms with E-state index in [9.17, 15) is 4.79 Å². The molecule has 6 heteroatoms. The quantitative estimate of drug-likeness (QED) is 0.533. The number of hydrogen-bond donors (Lipinski definition) is 5. The molecule has 0 amide bonds. The molecule has 0 aromatic heterocycles. The average Bonchev–Trinajstić information content (AvgIpc) is 2.29. The van der Waals surface area contributed by atoms with Crippen LogP contribution in [-0.2, 0) is 11.4 Å². The highest BCUT2D eigenvalue weighted by Crippen LogP contribution is 2.14. The second-order valence-electron chi connectivity index (χ2n) is 3.21. The zero-order valence-corrected chi connectivity index (χ0v) is 9.71. The van der Waals surface area contributed by atoms with Crippen LogP contribution in [0.1, 0.15) is 12.5 Å². The molecular weight excluding hydrogens is 226 g/mol. The number of phenols is 1. The third-order valence-electron chi connectivity index (χ3n) is 1.86. The lowest BCUT2D eigenvalue weighted by Gasteiger charge is -1.96. The molecule has 1 unspecified atom stereocenters. The highest BCUT2D eigenvalue weighted by Gasteiger charge is 2.06. The molecule has 0 spiro atoms. The Bertz CT molecular complexity index is 329. The summed E-state index contributed by atoms with van der Waals surface area (Å²) >= 11 is 0. The van der Waals surface area contributed by atoms with Gasteiger partial charge in [-0.1, -0.05) is 18.2 Å². The number of aliphatic hydroxyl groups is 2. The Balaban J connectivity index is 0. The van der Waals surface area contributed by atoms with Crippen LogP contribution in [0.4, 0.5) is 0 Å². The van der Waals surface area contributed by atoms with Crippen LogP contribution < -0.4 is 6.15 Å². The third kappa shape index (κ3) is 7.29. The molecule has 1 aromatic carbocycles. The number of rotatable bonds is 3. The SMILES string of the molecule is CC(CO)C(=O)O.N.OCc1ccccc1O. The van der Waals surface area contributed by atoms with Gasteiger partial charge in [0.05, 0.1) is 19.1 Å². The molecule has 0 fully saturated rings. The number of para-hydroxylation sites is 1. The summed E-state index contributed by atoms with van der Waals surface area (Å²) in [5.74, 6) is -1.43. The fourth-order valence-electron chi connectivity index (χ4n) is 0.723. The highest BCUT2D eigenvalue weighted by atomic mass is 16.4. The fourth-order valence-corrected chi connectivity index (χ4v) is 0.723. The van der Waals surface area contributed by atoms with Gasteiger partial charge in [0.1, 0.15) is 5.75 Å². The van der Waals surface area contributed by atoms with Crippen LogP contribution in [0.3, 0.4) is 0 Å². The number of aromatic hydroxyl groups is 1. The largest absolute Gasteiger partial charge is 0.508 e. The maximum Gasteiger partial charge on any atom is 0.308 e. The number of aliphatic carboxylic acids is 1. The van der Waals surface area contributed by atoms with Crippen molar-refractivity contribution in [3.63, 3.8) is 0 Å². The molecule has 0 aliphatic rings. The Hall–Kier alpha value is -1.63. The van der Waals surface area contributed by atoms with Crippen molar-refractivity contribution in [2.24, 2.45) is 5.92 Å². The molecule has 1 rings (SSSR count). The van der Waals surface area contributed by atoms with E-state index in [1.54, 1.807) is 24.3 Å². The van der Waals surface area contributed by atoms with Gasteiger partial charge in [0.2, 0.25) is 0 Å². The molecule has 0 aliphatic carbocycles. The Morgan fingerprint density at radius 2 is 1.82 bits per heavy atom. The van der Waals surface area contributed by atoms with Gasteiger partial charge in [0.25, 0.3) is 0 Å². The Labute approximate surface area is 99.7 Å². The van der Waals surface area contributed by atoms with Gasteiger partial charge in [-0.15, -0.1) is 0 Å². The van der Waals surface area contributed by atoms with Crippen molar-refractivity contribution >= 4 is 5.97 Å². The van der Waals surface area contributed by atoms with E-state index >= 15 is 0 Å². The predicted octanol–water partition coefficient (Wildman–Crippen LogP) is 0.746. The summed E-state index contributed by atoms with van der Waals surface area (Å²) in [6.07, 6.45) is 0. The molecular formula is C11H19NO5. The number of benzene rings is 1. The molecule has 1 atom stereocenters. The van der Waals surface area contributed by atoms with Gasteiger partial charge in [-0.25, -0.2) is 0 Å². The topological polar surface area (TPSA) is 133 Å². The summed E-state index contributed by atoms with van der Waals surface area (Å²) in [5, 5.41) is 33.7. The van der Waals surface area contributed by atoms with Crippen LogP contribution in [0.2, 0.25) is 0 Å². The normalized spacial score (nSPS) is 10.5. The van der Waals surface area contributed by atoms with Crippen molar-refractivity contribution in [1.29, 1.82) is 0 Å². The third-order valence-corrected chi connectivity index (χ3v) is 1.86. The first kappa shape index (κ1) is 17.8. The molecule has 98 valence electrons. The first-order valence-corrected chi connectivity index (χ1v) is 4.74. The lowest BCUT2D eigenvalue weighted by Crippen LogP contribution is -2.12. The van der Waals surface area contributed by atoms with Crippen molar-refractivity contribution in [2.45, 2.75) is 13.5 Å². The summed E-state index contributed by atoms with van der Waals surface area (Å²) < 4.78 is 0. The van der Waals surface area contributed by atoms with E-state index in [-0.39, 0.29) is 25.1 Å². The van der Waals surface area contributed by atoms with E-state index in [0.717, 1.165) is 0 Å². The predicted molar refractivity (Wildman–Crippen MR) is 62.9 cm³/mol. The van der Waals surface area contributed by atoms with Gasteiger partial charge >= 0.3 is 5.97 Å². The molecule has 6 nitrogen and oxygen atoms in total. The van der Waals surface area contributed by atoms with E-state index in [0.29, 0.717) is 5.56 Å². The summed E-state index contributed by atoms with van der Waals surface area (Å²) in [5.41, 5.74) is 0.567. The van der Waals surface area contributed by atoms with Gasteiger partial charge in [-0.3, -0.25) is 4.79 Å². The molecule has 1 aromatic rings. The smallest absolute Gasteiger partial charge is 0.308 e. The van der Waals surface area contributed by atoms with Crippen molar-refractivity contribution in [1.82, 2.24) is 6.15 Å². The van der Waals surface area contributed by atoms with Crippen molar-refractivity contribution in [3.8, 4) is 5.75 Å². The van der Waals surface area contributed by atoms with Gasteiger partial charge in [-0.2, -0.15) is 0 Å². The van der Waals surface area contributed by atoms with E-state index < -0.39 is 11.9 Å². The Morgan fingerprint density at radius 1 is 1.29 bits per heavy atom. The first-order chi connectivity index (χ1) is 7.52. The molecule has 17 heavy (non-hydrogen) atoms. The number of aliphatic hydroxyl groups excluding tert-OH is 2. The monoisotopic (exact) mass is 245 g/mol. The summed E-state index contributed by atoms with van der Waals surface area (Å²) in [6.45, 7) is 1.06. The van der Waals surface area contributed by atoms with Gasteiger partial charge < -0.3 is 26.6 Å². The summed E-state index contributed by atoms with van der Waals surface area (Å²) in [7, 11) is 0. The number of carboxylic acid groups (broad SMARTS) is 1. The van der Waals surface area contributed by atoms with Crippen molar-refractivity contribution < 1.29 is 25.2 Å². The molecule has 0 aliphatic heterocycles. The number of hydrogen-bond acceptors (Lipinski definition) is 5. The minimum atomic E-state index is -0.956. The van der Waals surface area contributed by atoms with Gasteiger partial charge in [0.15, 0.2) is 0 Å². The van der Waals surface area contributed by atoms with Crippen LogP contribution in [0.15, 0.2) is 24.3 Å². The first-order valence-electron chi connectivity index (χ1n) is 4.74. The molecule has 7 N–H and O–H groups in total. The minimum Gasteiger partial charge on any atom is -0.508 e. The van der Waals surface area contributed by atoms with Crippen molar-refractivity contribution in [2.75, 3.05) is 6.61 Å². The molecule has 0 radical (unpaired) electrons. The maximum absolute atomic E-state index is 9.77. The van der Waals surface area contributed by atoms with E-state index in [4.69, 9.17) is 20.4 Å². The van der Waals surface area contributed by atoms with Gasteiger partial charge in [0, 0.05) is 5.56 Å². The average molecular weight is 245 g/mol. The van der Waals surface area contributed by atoms with Gasteiger partial charge in [-0.05, 0) is 13.0 Å². The molecule has 0 heterocycles. The van der Waals surface area contributed by atoms with Crippen LogP contribution in [0.25, 0.3) is 0 Å². The number of carbonyl (C=O) groups is 1. The Kier molecular flexibility index (Phi) is 10.0. The summed E-state index contributed by atoms with van der Waals surface area (Å²) in [6, 6.07) is 6.71. The lowest BCUT2D eigenvalue weighted by atomic mass is 10.2. The van der Waals surface area contributed by atoms with E-state index in [1.807, 2.05) is 0 Å². The van der Waals surface area contributed by atoms with Crippen LogP contribution >= 0.6 is 0 Å². The van der Waals surface area contributed by atoms with E-state index in [1.165, 1.54) is 6.92 Å². The zero-order valence-electron chi connectivity index (χ0n) is 9.71. The summed E-state index contributed by atoms with van der Waals surface area (Å²) in [4.78, 5) is 9.77. The van der Waals surface area contributed by atoms with Crippen LogP contribution in [0.5, 0.6) is 5.75 Å². The van der Waals surface area contributed by atoms with E-state index in [2.05, 4.69) is 0 Å². The van der Waals surface area contributed by atoms with Crippen LogP contribution in [0, 0.1) is 5.92 Å². The molecule has 0 saturated carbocycles. The second-order valence-corrected chi connectivity index (χ2v) is 3.21. The zero-order chi connectivity index (χ0) is 12.6. The fraction of sp³-hybridized carbons (Fsp3) is 0.364. The molecule has 0 bridgehead atoms. The number of carboxylic acids is 1. The molecule has 0 saturated heterocycles. The minimum absolute atomic E-state index is 0. The Morgan fingerprint density at radius 3 is 2.06 bits per heavy atom.